The summed E-state index contributed by atoms with van der Waals surface area (Å²) in [7, 11) is 0. The van der Waals surface area contributed by atoms with E-state index in [2.05, 4.69) is 10.6 Å². The number of carbonyl (C=O) groups excluding carboxylic acids is 3. The Kier molecular flexibility index (Phi) is 7.37. The highest BCUT2D eigenvalue weighted by Gasteiger charge is 2.26. The number of ketones is 1. The van der Waals surface area contributed by atoms with Crippen LogP contribution in [-0.4, -0.2) is 30.4 Å². The fourth-order valence-electron chi connectivity index (χ4n) is 2.27. The van der Waals surface area contributed by atoms with Crippen molar-refractivity contribution >= 4 is 35.1 Å². The number of Topliss-reactive ketones (excluding diaryl/α,β-unsaturated/α-hetero) is 1. The molecule has 0 saturated carbocycles. The first-order valence-electron chi connectivity index (χ1n) is 8.45. The third-order valence-corrected chi connectivity index (χ3v) is 4.00. The summed E-state index contributed by atoms with van der Waals surface area (Å²) in [5, 5.41) is 5.73. The zero-order valence-corrected chi connectivity index (χ0v) is 15.8. The molecule has 2 aromatic carbocycles. The number of hydrogen-bond acceptors (Lipinski definition) is 4. The predicted octanol–water partition coefficient (Wildman–Crippen LogP) is 3.91. The lowest BCUT2D eigenvalue weighted by molar-refractivity contribution is -0.145. The van der Waals surface area contributed by atoms with Crippen molar-refractivity contribution in [3.8, 4) is 0 Å². The molecule has 0 spiro atoms. The zero-order valence-electron chi connectivity index (χ0n) is 15.1. The molecule has 0 aliphatic heterocycles. The van der Waals surface area contributed by atoms with Gasteiger partial charge in [-0.3, -0.25) is 4.79 Å². The first-order valence-corrected chi connectivity index (χ1v) is 8.82. The standard InChI is InChI=1S/C20H21ClN2O4/c1-13(2)18(23-20(26)22-16-6-4-3-5-7-16)19(25)27-12-17(24)14-8-10-15(21)11-9-14/h3-11,13,18H,12H2,1-2H3,(H2,22,23,26)/t18-/m1/s1. The minimum atomic E-state index is -0.883. The summed E-state index contributed by atoms with van der Waals surface area (Å²) < 4.78 is 5.10. The molecule has 2 aromatic rings. The number of halogens is 1. The molecule has 0 saturated heterocycles. The summed E-state index contributed by atoms with van der Waals surface area (Å²) in [5.74, 6) is -1.24. The van der Waals surface area contributed by atoms with Gasteiger partial charge in [0.15, 0.2) is 12.4 Å². The number of para-hydroxylation sites is 1. The SMILES string of the molecule is CC(C)[C@@H](NC(=O)Nc1ccccc1)C(=O)OCC(=O)c1ccc(Cl)cc1. The van der Waals surface area contributed by atoms with Gasteiger partial charge in [0.2, 0.25) is 0 Å². The maximum absolute atomic E-state index is 12.3. The van der Waals surface area contributed by atoms with E-state index in [1.165, 1.54) is 0 Å². The molecule has 0 aliphatic rings. The highest BCUT2D eigenvalue weighted by atomic mass is 35.5. The number of rotatable bonds is 7. The van der Waals surface area contributed by atoms with Gasteiger partial charge in [-0.25, -0.2) is 9.59 Å². The molecule has 0 unspecified atom stereocenters. The molecule has 2 N–H and O–H groups in total. The van der Waals surface area contributed by atoms with E-state index in [1.807, 2.05) is 6.07 Å². The number of amides is 2. The van der Waals surface area contributed by atoms with Crippen LogP contribution in [0.2, 0.25) is 5.02 Å². The van der Waals surface area contributed by atoms with E-state index in [0.717, 1.165) is 0 Å². The van der Waals surface area contributed by atoms with E-state index < -0.39 is 24.6 Å². The topological polar surface area (TPSA) is 84.5 Å². The van der Waals surface area contributed by atoms with Crippen molar-refractivity contribution in [1.82, 2.24) is 5.32 Å². The minimum Gasteiger partial charge on any atom is -0.456 e. The molecular formula is C20H21ClN2O4. The van der Waals surface area contributed by atoms with E-state index in [1.54, 1.807) is 62.4 Å². The van der Waals surface area contributed by atoms with Gasteiger partial charge >= 0.3 is 12.0 Å². The van der Waals surface area contributed by atoms with Crippen molar-refractivity contribution in [1.29, 1.82) is 0 Å². The Bertz CT molecular complexity index is 791. The summed E-state index contributed by atoms with van der Waals surface area (Å²) in [5.41, 5.74) is 0.992. The Balaban J connectivity index is 1.91. The summed E-state index contributed by atoms with van der Waals surface area (Å²) in [6.45, 7) is 3.14. The maximum atomic E-state index is 12.3. The van der Waals surface area contributed by atoms with E-state index in [4.69, 9.17) is 16.3 Å². The maximum Gasteiger partial charge on any atom is 0.329 e. The number of carbonyl (C=O) groups is 3. The van der Waals surface area contributed by atoms with Gasteiger partial charge < -0.3 is 15.4 Å². The molecule has 0 fully saturated rings. The second kappa shape index (κ2) is 9.73. The van der Waals surface area contributed by atoms with Crippen LogP contribution in [0.5, 0.6) is 0 Å². The third kappa shape index (κ3) is 6.42. The first kappa shape index (κ1) is 20.5. The van der Waals surface area contributed by atoms with Crippen LogP contribution in [0.4, 0.5) is 10.5 Å². The number of benzene rings is 2. The van der Waals surface area contributed by atoms with E-state index in [9.17, 15) is 14.4 Å². The zero-order chi connectivity index (χ0) is 19.8. The predicted molar refractivity (Wildman–Crippen MR) is 104 cm³/mol. The lowest BCUT2D eigenvalue weighted by Gasteiger charge is -2.21. The number of ether oxygens (including phenoxy) is 1. The van der Waals surface area contributed by atoms with Crippen LogP contribution in [0, 0.1) is 5.92 Å². The van der Waals surface area contributed by atoms with Crippen molar-refractivity contribution in [2.45, 2.75) is 19.9 Å². The van der Waals surface area contributed by atoms with Gasteiger partial charge in [-0.05, 0) is 42.3 Å². The van der Waals surface area contributed by atoms with Gasteiger partial charge in [0.25, 0.3) is 0 Å². The second-order valence-corrected chi connectivity index (χ2v) is 6.66. The number of esters is 1. The Morgan fingerprint density at radius 1 is 1.00 bits per heavy atom. The van der Waals surface area contributed by atoms with Crippen LogP contribution in [0.3, 0.4) is 0 Å². The lowest BCUT2D eigenvalue weighted by atomic mass is 10.1. The van der Waals surface area contributed by atoms with Crippen molar-refractivity contribution in [2.24, 2.45) is 5.92 Å². The Morgan fingerprint density at radius 3 is 2.22 bits per heavy atom. The number of anilines is 1. The molecule has 0 radical (unpaired) electrons. The molecule has 6 nitrogen and oxygen atoms in total. The normalized spacial score (nSPS) is 11.6. The largest absolute Gasteiger partial charge is 0.456 e. The van der Waals surface area contributed by atoms with E-state index in [0.29, 0.717) is 16.3 Å². The quantitative estimate of drug-likeness (QED) is 0.556. The first-order chi connectivity index (χ1) is 12.9. The number of urea groups is 1. The molecule has 27 heavy (non-hydrogen) atoms. The fourth-order valence-corrected chi connectivity index (χ4v) is 2.40. The van der Waals surface area contributed by atoms with Crippen LogP contribution in [0.25, 0.3) is 0 Å². The average Bonchev–Trinajstić information content (AvgIpc) is 2.65. The molecule has 2 amide bonds. The van der Waals surface area contributed by atoms with Crippen LogP contribution in [0.1, 0.15) is 24.2 Å². The van der Waals surface area contributed by atoms with Gasteiger partial charge in [0, 0.05) is 16.3 Å². The molecule has 7 heteroatoms. The van der Waals surface area contributed by atoms with E-state index >= 15 is 0 Å². The van der Waals surface area contributed by atoms with Crippen LogP contribution in [0.15, 0.2) is 54.6 Å². The molecule has 2 rings (SSSR count). The molecule has 1 atom stereocenters. The molecule has 0 aliphatic carbocycles. The minimum absolute atomic E-state index is 0.218. The summed E-state index contributed by atoms with van der Waals surface area (Å²) >= 11 is 5.78. The Morgan fingerprint density at radius 2 is 1.63 bits per heavy atom. The monoisotopic (exact) mass is 388 g/mol. The van der Waals surface area contributed by atoms with Crippen molar-refractivity contribution in [3.63, 3.8) is 0 Å². The third-order valence-electron chi connectivity index (χ3n) is 3.75. The van der Waals surface area contributed by atoms with Crippen LogP contribution in [-0.2, 0) is 9.53 Å². The van der Waals surface area contributed by atoms with Crippen molar-refractivity contribution < 1.29 is 19.1 Å². The van der Waals surface area contributed by atoms with Gasteiger partial charge in [0.1, 0.15) is 6.04 Å². The fraction of sp³-hybridized carbons (Fsp3) is 0.250. The van der Waals surface area contributed by atoms with Crippen molar-refractivity contribution in [3.05, 3.63) is 65.2 Å². The van der Waals surface area contributed by atoms with Crippen LogP contribution >= 0.6 is 11.6 Å². The van der Waals surface area contributed by atoms with Gasteiger partial charge in [-0.15, -0.1) is 0 Å². The van der Waals surface area contributed by atoms with E-state index in [-0.39, 0.29) is 11.7 Å². The summed E-state index contributed by atoms with van der Waals surface area (Å²) in [6, 6.07) is 13.7. The summed E-state index contributed by atoms with van der Waals surface area (Å²) in [6.07, 6.45) is 0. The molecule has 0 bridgehead atoms. The average molecular weight is 389 g/mol. The second-order valence-electron chi connectivity index (χ2n) is 6.22. The van der Waals surface area contributed by atoms with Gasteiger partial charge in [-0.2, -0.15) is 0 Å². The van der Waals surface area contributed by atoms with Gasteiger partial charge in [-0.1, -0.05) is 43.6 Å². The van der Waals surface area contributed by atoms with Gasteiger partial charge in [0.05, 0.1) is 0 Å². The smallest absolute Gasteiger partial charge is 0.329 e. The Hall–Kier alpha value is -2.86. The molecular weight excluding hydrogens is 368 g/mol. The molecule has 0 aromatic heterocycles. The molecule has 0 heterocycles. The number of nitrogens with one attached hydrogen (secondary N) is 2. The summed E-state index contributed by atoms with van der Waals surface area (Å²) in [4.78, 5) is 36.5. The van der Waals surface area contributed by atoms with Crippen LogP contribution < -0.4 is 10.6 Å². The number of hydrogen-bond donors (Lipinski definition) is 2. The molecule has 142 valence electrons. The highest BCUT2D eigenvalue weighted by molar-refractivity contribution is 6.30. The highest BCUT2D eigenvalue weighted by Crippen LogP contribution is 2.11. The Labute approximate surface area is 162 Å². The van der Waals surface area contributed by atoms with Crippen molar-refractivity contribution in [2.75, 3.05) is 11.9 Å². The lowest BCUT2D eigenvalue weighted by Crippen LogP contribution is -2.47.